The standard InChI is InChI=1S/C28H33NO3.C4H4O4/c1-30-23-14-15-25-21(17-23)9-4-11-24(25)22-18-31-28(32-19-22)13-6-16-29-27-12-5-8-20-7-2-3-10-26(20)27;5-3(6)1-2-4(7)8/h2-4,7,9-11,14-15,17,22,27-29H,5-6,8,12-13,16,18-19H2,1H3;1-2H,(H,5,6)(H,7,8)/b;2-1+. The summed E-state index contributed by atoms with van der Waals surface area (Å²) in [7, 11) is 1.71. The highest BCUT2D eigenvalue weighted by atomic mass is 16.7. The third-order valence-corrected chi connectivity index (χ3v) is 7.27. The van der Waals surface area contributed by atoms with Crippen molar-refractivity contribution < 1.29 is 34.0 Å². The van der Waals surface area contributed by atoms with E-state index in [-0.39, 0.29) is 12.2 Å². The molecule has 3 N–H and O–H groups in total. The number of carboxylic acids is 2. The Hall–Kier alpha value is -3.72. The topological polar surface area (TPSA) is 114 Å². The van der Waals surface area contributed by atoms with Crippen LogP contribution in [0.4, 0.5) is 0 Å². The molecule has 1 fully saturated rings. The molecule has 3 aromatic rings. The molecule has 3 aromatic carbocycles. The molecule has 1 heterocycles. The predicted octanol–water partition coefficient (Wildman–Crippen LogP) is 5.46. The van der Waals surface area contributed by atoms with Crippen molar-refractivity contribution in [1.82, 2.24) is 5.32 Å². The van der Waals surface area contributed by atoms with E-state index in [9.17, 15) is 9.59 Å². The largest absolute Gasteiger partial charge is 0.497 e. The Bertz CT molecular complexity index is 1300. The second-order valence-corrected chi connectivity index (χ2v) is 9.98. The zero-order chi connectivity index (χ0) is 28.3. The molecule has 1 aliphatic carbocycles. The molecule has 212 valence electrons. The molecule has 1 atom stereocenters. The average molecular weight is 548 g/mol. The second-order valence-electron chi connectivity index (χ2n) is 9.98. The van der Waals surface area contributed by atoms with Gasteiger partial charge in [0.15, 0.2) is 6.29 Å². The summed E-state index contributed by atoms with van der Waals surface area (Å²) >= 11 is 0. The van der Waals surface area contributed by atoms with Crippen LogP contribution in [0, 0.1) is 0 Å². The summed E-state index contributed by atoms with van der Waals surface area (Å²) in [5, 5.41) is 21.8. The molecule has 0 saturated carbocycles. The molecular formula is C32H37NO7. The summed E-state index contributed by atoms with van der Waals surface area (Å²) in [6, 6.07) is 22.0. The van der Waals surface area contributed by atoms with E-state index in [4.69, 9.17) is 24.4 Å². The lowest BCUT2D eigenvalue weighted by Gasteiger charge is -2.31. The highest BCUT2D eigenvalue weighted by Crippen LogP contribution is 2.32. The summed E-state index contributed by atoms with van der Waals surface area (Å²) in [4.78, 5) is 19.1. The first-order valence-corrected chi connectivity index (χ1v) is 13.7. The average Bonchev–Trinajstić information content (AvgIpc) is 2.98. The van der Waals surface area contributed by atoms with Crippen LogP contribution in [0.5, 0.6) is 5.75 Å². The van der Waals surface area contributed by atoms with Crippen LogP contribution in [-0.4, -0.2) is 55.3 Å². The van der Waals surface area contributed by atoms with Crippen LogP contribution in [0.15, 0.2) is 72.8 Å². The third-order valence-electron chi connectivity index (χ3n) is 7.27. The number of benzene rings is 3. The minimum absolute atomic E-state index is 0.0956. The molecule has 1 unspecified atom stereocenters. The van der Waals surface area contributed by atoms with E-state index in [1.54, 1.807) is 7.11 Å². The van der Waals surface area contributed by atoms with Crippen LogP contribution in [0.25, 0.3) is 10.8 Å². The lowest BCUT2D eigenvalue weighted by molar-refractivity contribution is -0.189. The number of aryl methyl sites for hydroxylation is 1. The molecule has 1 aliphatic heterocycles. The van der Waals surface area contributed by atoms with Gasteiger partial charge in [-0.25, -0.2) is 9.59 Å². The van der Waals surface area contributed by atoms with E-state index < -0.39 is 11.9 Å². The molecule has 0 radical (unpaired) electrons. The van der Waals surface area contributed by atoms with Crippen molar-refractivity contribution in [3.63, 3.8) is 0 Å². The Morgan fingerprint density at radius 3 is 2.42 bits per heavy atom. The number of rotatable bonds is 9. The maximum absolute atomic E-state index is 9.55. The molecule has 1 saturated heterocycles. The normalized spacial score (nSPS) is 20.4. The Labute approximate surface area is 234 Å². The minimum atomic E-state index is -1.26. The Balaban J connectivity index is 0.000000406. The van der Waals surface area contributed by atoms with Crippen molar-refractivity contribution >= 4 is 22.7 Å². The van der Waals surface area contributed by atoms with Crippen LogP contribution >= 0.6 is 0 Å². The summed E-state index contributed by atoms with van der Waals surface area (Å²) in [5.41, 5.74) is 4.29. The summed E-state index contributed by atoms with van der Waals surface area (Å²) in [6.45, 7) is 2.41. The Kier molecular flexibility index (Phi) is 10.7. The molecule has 0 spiro atoms. The molecule has 40 heavy (non-hydrogen) atoms. The highest BCUT2D eigenvalue weighted by Gasteiger charge is 2.25. The maximum atomic E-state index is 9.55. The van der Waals surface area contributed by atoms with Crippen LogP contribution in [0.3, 0.4) is 0 Å². The van der Waals surface area contributed by atoms with Gasteiger partial charge in [0.25, 0.3) is 0 Å². The van der Waals surface area contributed by atoms with Gasteiger partial charge in [0.1, 0.15) is 5.75 Å². The van der Waals surface area contributed by atoms with Gasteiger partial charge in [-0.3, -0.25) is 0 Å². The monoisotopic (exact) mass is 547 g/mol. The highest BCUT2D eigenvalue weighted by molar-refractivity contribution is 5.89. The lowest BCUT2D eigenvalue weighted by Crippen LogP contribution is -2.32. The lowest BCUT2D eigenvalue weighted by atomic mass is 9.88. The fraction of sp³-hybridized carbons (Fsp3) is 0.375. The maximum Gasteiger partial charge on any atom is 0.328 e. The Morgan fingerprint density at radius 2 is 1.70 bits per heavy atom. The van der Waals surface area contributed by atoms with Gasteiger partial charge < -0.3 is 29.7 Å². The molecule has 2 aliphatic rings. The molecule has 0 aromatic heterocycles. The number of fused-ring (bicyclic) bond motifs is 2. The van der Waals surface area contributed by atoms with Crippen molar-refractivity contribution in [3.05, 3.63) is 89.5 Å². The first-order chi connectivity index (χ1) is 19.4. The number of carbonyl (C=O) groups is 2. The van der Waals surface area contributed by atoms with E-state index in [0.717, 1.165) is 25.1 Å². The SMILES string of the molecule is COc1ccc2c(C3COC(CCCNC4CCCc5ccccc54)OC3)cccc2c1.O=C(O)/C=C/C(=O)O. The van der Waals surface area contributed by atoms with Crippen LogP contribution in [0.2, 0.25) is 0 Å². The van der Waals surface area contributed by atoms with Gasteiger partial charge in [-0.05, 0) is 78.2 Å². The van der Waals surface area contributed by atoms with E-state index in [0.29, 0.717) is 31.4 Å². The van der Waals surface area contributed by atoms with Gasteiger partial charge >= 0.3 is 11.9 Å². The molecule has 5 rings (SSSR count). The number of hydrogen-bond donors (Lipinski definition) is 3. The van der Waals surface area contributed by atoms with Gasteiger partial charge in [0, 0.05) is 24.1 Å². The minimum Gasteiger partial charge on any atom is -0.497 e. The van der Waals surface area contributed by atoms with Crippen LogP contribution < -0.4 is 10.1 Å². The zero-order valence-corrected chi connectivity index (χ0v) is 22.8. The smallest absolute Gasteiger partial charge is 0.328 e. The number of nitrogens with one attached hydrogen (secondary N) is 1. The molecule has 0 amide bonds. The first kappa shape index (κ1) is 29.3. The van der Waals surface area contributed by atoms with Crippen molar-refractivity contribution in [2.75, 3.05) is 26.9 Å². The van der Waals surface area contributed by atoms with Crippen molar-refractivity contribution in [1.29, 1.82) is 0 Å². The fourth-order valence-electron chi connectivity index (χ4n) is 5.31. The fourth-order valence-corrected chi connectivity index (χ4v) is 5.31. The second kappa shape index (κ2) is 14.6. The van der Waals surface area contributed by atoms with Crippen molar-refractivity contribution in [2.24, 2.45) is 0 Å². The van der Waals surface area contributed by atoms with Gasteiger partial charge in [0.2, 0.25) is 0 Å². The number of hydrogen-bond acceptors (Lipinski definition) is 6. The van der Waals surface area contributed by atoms with Crippen LogP contribution in [-0.2, 0) is 25.5 Å². The summed E-state index contributed by atoms with van der Waals surface area (Å²) < 4.78 is 17.6. The predicted molar refractivity (Wildman–Crippen MR) is 153 cm³/mol. The zero-order valence-electron chi connectivity index (χ0n) is 22.8. The molecule has 8 nitrogen and oxygen atoms in total. The van der Waals surface area contributed by atoms with E-state index in [2.05, 4.69) is 59.9 Å². The third kappa shape index (κ3) is 8.14. The molecule has 8 heteroatoms. The van der Waals surface area contributed by atoms with Crippen molar-refractivity contribution in [3.8, 4) is 5.75 Å². The number of ether oxygens (including phenoxy) is 3. The summed E-state index contributed by atoms with van der Waals surface area (Å²) in [6.07, 6.45) is 6.72. The van der Waals surface area contributed by atoms with Gasteiger partial charge in [-0.1, -0.05) is 48.5 Å². The first-order valence-electron chi connectivity index (χ1n) is 13.7. The van der Waals surface area contributed by atoms with E-state index >= 15 is 0 Å². The van der Waals surface area contributed by atoms with Crippen LogP contribution in [0.1, 0.15) is 54.3 Å². The van der Waals surface area contributed by atoms with E-state index in [1.807, 2.05) is 6.07 Å². The molecular weight excluding hydrogens is 510 g/mol. The van der Waals surface area contributed by atoms with Gasteiger partial charge in [0.05, 0.1) is 20.3 Å². The molecule has 0 bridgehead atoms. The number of carboxylic acid groups (broad SMARTS) is 2. The van der Waals surface area contributed by atoms with Crippen molar-refractivity contribution in [2.45, 2.75) is 50.4 Å². The quantitative estimate of drug-likeness (QED) is 0.239. The number of methoxy groups -OCH3 is 1. The van der Waals surface area contributed by atoms with Gasteiger partial charge in [-0.2, -0.15) is 0 Å². The summed E-state index contributed by atoms with van der Waals surface area (Å²) in [5.74, 6) is -1.36. The number of aliphatic carboxylic acids is 2. The van der Waals surface area contributed by atoms with Gasteiger partial charge in [-0.15, -0.1) is 0 Å². The van der Waals surface area contributed by atoms with E-state index in [1.165, 1.54) is 46.7 Å². The Morgan fingerprint density at radius 1 is 0.975 bits per heavy atom.